The highest BCUT2D eigenvalue weighted by Crippen LogP contribution is 2.07. The highest BCUT2D eigenvalue weighted by Gasteiger charge is 1.99. The molecule has 0 amide bonds. The van der Waals surface area contributed by atoms with Gasteiger partial charge in [0.1, 0.15) is 11.6 Å². The van der Waals surface area contributed by atoms with Crippen LogP contribution in [0.15, 0.2) is 18.2 Å². The molecule has 0 fully saturated rings. The normalized spacial score (nSPS) is 11.7. The zero-order chi connectivity index (χ0) is 9.84. The lowest BCUT2D eigenvalue weighted by Gasteiger charge is -1.94. The van der Waals surface area contributed by atoms with Gasteiger partial charge < -0.3 is 5.73 Å². The number of benzene rings is 1. The predicted molar refractivity (Wildman–Crippen MR) is 46.9 cm³/mol. The maximum Gasteiger partial charge on any atom is 0.141 e. The lowest BCUT2D eigenvalue weighted by Crippen LogP contribution is -2.11. The molecule has 0 saturated heterocycles. The van der Waals surface area contributed by atoms with Crippen LogP contribution in [0.3, 0.4) is 0 Å². The minimum atomic E-state index is -0.659. The summed E-state index contributed by atoms with van der Waals surface area (Å²) in [5, 5.41) is 0. The maximum absolute atomic E-state index is 12.9. The third-order valence-corrected chi connectivity index (χ3v) is 1.37. The fourth-order valence-corrected chi connectivity index (χ4v) is 0.782. The van der Waals surface area contributed by atoms with E-state index < -0.39 is 11.6 Å². The molecule has 13 heavy (non-hydrogen) atoms. The van der Waals surface area contributed by atoms with Crippen molar-refractivity contribution in [3.05, 3.63) is 35.4 Å². The van der Waals surface area contributed by atoms with Crippen molar-refractivity contribution in [1.82, 2.24) is 0 Å². The highest BCUT2D eigenvalue weighted by atomic mass is 19.1. The Morgan fingerprint density at radius 2 is 2.08 bits per heavy atom. The first kappa shape index (κ1) is 9.69. The molecule has 1 atom stereocenters. The van der Waals surface area contributed by atoms with E-state index >= 15 is 0 Å². The standard InChI is InChI=1S/C10H9F2N/c1-7(13)2-3-8-4-5-9(11)6-10(8)12/h4-7H,13H2,1H3. The molecule has 1 unspecified atom stereocenters. The first-order valence-corrected chi connectivity index (χ1v) is 3.82. The van der Waals surface area contributed by atoms with Gasteiger partial charge in [-0.25, -0.2) is 8.78 Å². The Bertz CT molecular complexity index is 361. The quantitative estimate of drug-likeness (QED) is 0.605. The van der Waals surface area contributed by atoms with Crippen LogP contribution >= 0.6 is 0 Å². The van der Waals surface area contributed by atoms with Crippen LogP contribution in [-0.2, 0) is 0 Å². The van der Waals surface area contributed by atoms with Crippen molar-refractivity contribution < 1.29 is 8.78 Å². The molecule has 0 heterocycles. The van der Waals surface area contributed by atoms with Gasteiger partial charge in [-0.05, 0) is 19.1 Å². The van der Waals surface area contributed by atoms with Crippen molar-refractivity contribution in [3.8, 4) is 11.8 Å². The van der Waals surface area contributed by atoms with E-state index in [-0.39, 0.29) is 11.6 Å². The largest absolute Gasteiger partial charge is 0.318 e. The molecule has 0 radical (unpaired) electrons. The number of nitrogens with two attached hydrogens (primary N) is 1. The van der Waals surface area contributed by atoms with E-state index in [0.29, 0.717) is 0 Å². The summed E-state index contributed by atoms with van der Waals surface area (Å²) >= 11 is 0. The van der Waals surface area contributed by atoms with Crippen molar-refractivity contribution in [2.24, 2.45) is 5.73 Å². The van der Waals surface area contributed by atoms with Gasteiger partial charge in [0, 0.05) is 6.07 Å². The van der Waals surface area contributed by atoms with Gasteiger partial charge in [-0.15, -0.1) is 0 Å². The Morgan fingerprint density at radius 1 is 1.38 bits per heavy atom. The van der Waals surface area contributed by atoms with Crippen molar-refractivity contribution in [3.63, 3.8) is 0 Å². The van der Waals surface area contributed by atoms with Gasteiger partial charge in [-0.3, -0.25) is 0 Å². The van der Waals surface area contributed by atoms with Gasteiger partial charge in [-0.2, -0.15) is 0 Å². The van der Waals surface area contributed by atoms with Gasteiger partial charge >= 0.3 is 0 Å². The third kappa shape index (κ3) is 2.85. The molecule has 0 aromatic heterocycles. The lowest BCUT2D eigenvalue weighted by atomic mass is 10.2. The van der Waals surface area contributed by atoms with E-state index in [1.54, 1.807) is 6.92 Å². The number of hydrogen-bond acceptors (Lipinski definition) is 1. The molecule has 0 aliphatic carbocycles. The highest BCUT2D eigenvalue weighted by molar-refractivity contribution is 5.36. The molecule has 0 saturated carbocycles. The molecule has 1 rings (SSSR count). The van der Waals surface area contributed by atoms with Crippen molar-refractivity contribution >= 4 is 0 Å². The van der Waals surface area contributed by atoms with Gasteiger partial charge in [0.2, 0.25) is 0 Å². The van der Waals surface area contributed by atoms with E-state index in [1.165, 1.54) is 6.07 Å². The van der Waals surface area contributed by atoms with E-state index in [4.69, 9.17) is 5.73 Å². The molecular formula is C10H9F2N. The Hall–Kier alpha value is -1.40. The van der Waals surface area contributed by atoms with E-state index in [0.717, 1.165) is 12.1 Å². The van der Waals surface area contributed by atoms with E-state index in [2.05, 4.69) is 11.8 Å². The second-order valence-corrected chi connectivity index (χ2v) is 2.68. The molecule has 1 nitrogen and oxygen atoms in total. The van der Waals surface area contributed by atoms with Crippen LogP contribution in [0.4, 0.5) is 8.78 Å². The first-order valence-electron chi connectivity index (χ1n) is 3.82. The van der Waals surface area contributed by atoms with Crippen molar-refractivity contribution in [1.29, 1.82) is 0 Å². The topological polar surface area (TPSA) is 26.0 Å². The second-order valence-electron chi connectivity index (χ2n) is 2.68. The van der Waals surface area contributed by atoms with Crippen LogP contribution < -0.4 is 5.73 Å². The maximum atomic E-state index is 12.9. The van der Waals surface area contributed by atoms with E-state index in [1.807, 2.05) is 0 Å². The summed E-state index contributed by atoms with van der Waals surface area (Å²) < 4.78 is 25.4. The fourth-order valence-electron chi connectivity index (χ4n) is 0.782. The minimum Gasteiger partial charge on any atom is -0.318 e. The SMILES string of the molecule is CC(N)C#Cc1ccc(F)cc1F. The molecule has 0 spiro atoms. The molecular weight excluding hydrogens is 172 g/mol. The zero-order valence-electron chi connectivity index (χ0n) is 7.14. The smallest absolute Gasteiger partial charge is 0.141 e. The Balaban J connectivity index is 2.98. The predicted octanol–water partition coefficient (Wildman–Crippen LogP) is 1.66. The fraction of sp³-hybridized carbons (Fsp3) is 0.200. The molecule has 1 aromatic carbocycles. The van der Waals surface area contributed by atoms with E-state index in [9.17, 15) is 8.78 Å². The van der Waals surface area contributed by atoms with Gasteiger partial charge in [0.15, 0.2) is 0 Å². The lowest BCUT2D eigenvalue weighted by molar-refractivity contribution is 0.581. The second kappa shape index (κ2) is 4.01. The Labute approximate surface area is 75.6 Å². The Morgan fingerprint density at radius 3 is 2.62 bits per heavy atom. The van der Waals surface area contributed by atoms with Gasteiger partial charge in [0.25, 0.3) is 0 Å². The molecule has 68 valence electrons. The van der Waals surface area contributed by atoms with Gasteiger partial charge in [0.05, 0.1) is 11.6 Å². The average Bonchev–Trinajstić information content (AvgIpc) is 2.02. The molecule has 0 aliphatic rings. The number of hydrogen-bond donors (Lipinski definition) is 1. The molecule has 3 heteroatoms. The average molecular weight is 181 g/mol. The first-order chi connectivity index (χ1) is 6.09. The van der Waals surface area contributed by atoms with Crippen molar-refractivity contribution in [2.75, 3.05) is 0 Å². The van der Waals surface area contributed by atoms with Gasteiger partial charge in [-0.1, -0.05) is 11.8 Å². The summed E-state index contributed by atoms with van der Waals surface area (Å²) in [7, 11) is 0. The molecule has 2 N–H and O–H groups in total. The summed E-state index contributed by atoms with van der Waals surface area (Å²) in [6.07, 6.45) is 0. The van der Waals surface area contributed by atoms with Crippen LogP contribution in [0.1, 0.15) is 12.5 Å². The number of halogens is 2. The third-order valence-electron chi connectivity index (χ3n) is 1.37. The van der Waals surface area contributed by atoms with Crippen LogP contribution in [0.5, 0.6) is 0 Å². The summed E-state index contributed by atoms with van der Waals surface area (Å²) in [4.78, 5) is 0. The summed E-state index contributed by atoms with van der Waals surface area (Å²) in [6.45, 7) is 1.69. The van der Waals surface area contributed by atoms with Crippen LogP contribution in [0, 0.1) is 23.5 Å². The molecule has 0 bridgehead atoms. The zero-order valence-corrected chi connectivity index (χ0v) is 7.14. The van der Waals surface area contributed by atoms with Crippen molar-refractivity contribution in [2.45, 2.75) is 13.0 Å². The van der Waals surface area contributed by atoms with Crippen LogP contribution in [-0.4, -0.2) is 6.04 Å². The number of rotatable bonds is 0. The summed E-state index contributed by atoms with van der Waals surface area (Å²) in [6, 6.07) is 2.93. The van der Waals surface area contributed by atoms with Crippen LogP contribution in [0.2, 0.25) is 0 Å². The molecule has 1 aromatic rings. The van der Waals surface area contributed by atoms with Crippen LogP contribution in [0.25, 0.3) is 0 Å². The summed E-state index contributed by atoms with van der Waals surface area (Å²) in [5.74, 6) is 3.84. The minimum absolute atomic E-state index is 0.165. The monoisotopic (exact) mass is 181 g/mol. The Kier molecular flexibility index (Phi) is 2.99. The molecule has 0 aliphatic heterocycles. The summed E-state index contributed by atoms with van der Waals surface area (Å²) in [5.41, 5.74) is 5.52.